The van der Waals surface area contributed by atoms with Gasteiger partial charge in [0.25, 0.3) is 0 Å². The van der Waals surface area contributed by atoms with Crippen LogP contribution in [-0.4, -0.2) is 0 Å². The number of hydrogen-bond acceptors (Lipinski definition) is 0. The standard InChI is InChI=1S/C21H26/c1-14-10-11-18-19(12-14)21(6,13-20(18,4)5)17-9-7-8-15(2)16(17)3/h7-12H,13H2,1-6H3. The Balaban J connectivity index is 2.29. The Morgan fingerprint density at radius 1 is 0.810 bits per heavy atom. The van der Waals surface area contributed by atoms with Crippen LogP contribution in [0.4, 0.5) is 0 Å². The van der Waals surface area contributed by atoms with Crippen LogP contribution in [0.25, 0.3) is 0 Å². The Labute approximate surface area is 129 Å². The van der Waals surface area contributed by atoms with Crippen molar-refractivity contribution in [3.8, 4) is 0 Å². The highest BCUT2D eigenvalue weighted by Crippen LogP contribution is 2.53. The molecule has 1 aliphatic rings. The van der Waals surface area contributed by atoms with E-state index in [9.17, 15) is 0 Å². The highest BCUT2D eigenvalue weighted by atomic mass is 14.5. The highest BCUT2D eigenvalue weighted by molar-refractivity contribution is 5.55. The van der Waals surface area contributed by atoms with Crippen LogP contribution < -0.4 is 0 Å². The minimum Gasteiger partial charge on any atom is -0.0617 e. The van der Waals surface area contributed by atoms with E-state index in [1.54, 1.807) is 0 Å². The van der Waals surface area contributed by atoms with Crippen molar-refractivity contribution in [1.82, 2.24) is 0 Å². The van der Waals surface area contributed by atoms with Gasteiger partial charge in [0.15, 0.2) is 0 Å². The minimum atomic E-state index is 0.126. The fourth-order valence-corrected chi connectivity index (χ4v) is 4.37. The van der Waals surface area contributed by atoms with E-state index < -0.39 is 0 Å². The topological polar surface area (TPSA) is 0 Å². The molecule has 0 aromatic heterocycles. The van der Waals surface area contributed by atoms with E-state index in [-0.39, 0.29) is 10.8 Å². The summed E-state index contributed by atoms with van der Waals surface area (Å²) in [6.45, 7) is 13.9. The molecule has 2 aromatic rings. The van der Waals surface area contributed by atoms with E-state index in [1.165, 1.54) is 39.8 Å². The van der Waals surface area contributed by atoms with Gasteiger partial charge in [-0.25, -0.2) is 0 Å². The Kier molecular flexibility index (Phi) is 3.06. The second kappa shape index (κ2) is 4.47. The summed E-state index contributed by atoms with van der Waals surface area (Å²) in [6.07, 6.45) is 1.18. The first kappa shape index (κ1) is 14.4. The van der Waals surface area contributed by atoms with E-state index in [0.29, 0.717) is 0 Å². The number of benzene rings is 2. The molecular weight excluding hydrogens is 252 g/mol. The molecule has 0 heteroatoms. The van der Waals surface area contributed by atoms with Crippen LogP contribution in [0.15, 0.2) is 36.4 Å². The molecule has 0 nitrogen and oxygen atoms in total. The fraction of sp³-hybridized carbons (Fsp3) is 0.429. The summed E-state index contributed by atoms with van der Waals surface area (Å²) in [6, 6.07) is 13.8. The summed E-state index contributed by atoms with van der Waals surface area (Å²) in [5.41, 5.74) is 9.13. The molecule has 0 N–H and O–H groups in total. The van der Waals surface area contributed by atoms with E-state index in [4.69, 9.17) is 0 Å². The van der Waals surface area contributed by atoms with Crippen LogP contribution in [0, 0.1) is 20.8 Å². The molecule has 1 aliphatic carbocycles. The molecule has 0 spiro atoms. The minimum absolute atomic E-state index is 0.126. The molecule has 1 unspecified atom stereocenters. The molecule has 110 valence electrons. The molecule has 0 aliphatic heterocycles. The van der Waals surface area contributed by atoms with Crippen LogP contribution >= 0.6 is 0 Å². The SMILES string of the molecule is Cc1ccc2c(c1)C(C)(c1cccc(C)c1C)CC2(C)C. The van der Waals surface area contributed by atoms with Gasteiger partial charge in [0.05, 0.1) is 0 Å². The Morgan fingerprint density at radius 3 is 2.24 bits per heavy atom. The Bertz CT molecular complexity index is 706. The van der Waals surface area contributed by atoms with E-state index >= 15 is 0 Å². The van der Waals surface area contributed by atoms with Crippen LogP contribution in [0.1, 0.15) is 60.6 Å². The van der Waals surface area contributed by atoms with Crippen molar-refractivity contribution >= 4 is 0 Å². The fourth-order valence-electron chi connectivity index (χ4n) is 4.37. The van der Waals surface area contributed by atoms with Crippen molar-refractivity contribution in [3.05, 3.63) is 69.8 Å². The van der Waals surface area contributed by atoms with Crippen LogP contribution in [-0.2, 0) is 10.8 Å². The van der Waals surface area contributed by atoms with Gasteiger partial charge in [0, 0.05) is 5.41 Å². The lowest BCUT2D eigenvalue weighted by atomic mass is 9.73. The smallest absolute Gasteiger partial charge is 0.0188 e. The van der Waals surface area contributed by atoms with Gasteiger partial charge in [-0.1, -0.05) is 62.7 Å². The van der Waals surface area contributed by atoms with E-state index in [0.717, 1.165) is 0 Å². The van der Waals surface area contributed by atoms with Gasteiger partial charge in [0.2, 0.25) is 0 Å². The number of aryl methyl sites for hydroxylation is 2. The van der Waals surface area contributed by atoms with Gasteiger partial charge in [-0.15, -0.1) is 0 Å². The molecule has 0 amide bonds. The molecule has 0 radical (unpaired) electrons. The van der Waals surface area contributed by atoms with Crippen molar-refractivity contribution in [1.29, 1.82) is 0 Å². The Hall–Kier alpha value is -1.56. The molecular formula is C21H26. The van der Waals surface area contributed by atoms with Crippen LogP contribution in [0.3, 0.4) is 0 Å². The third-order valence-electron chi connectivity index (χ3n) is 5.49. The maximum absolute atomic E-state index is 2.43. The predicted octanol–water partition coefficient (Wildman–Crippen LogP) is 5.60. The number of fused-ring (bicyclic) bond motifs is 1. The first-order valence-electron chi connectivity index (χ1n) is 7.94. The third kappa shape index (κ3) is 2.04. The summed E-state index contributed by atoms with van der Waals surface area (Å²) in [7, 11) is 0. The number of hydrogen-bond donors (Lipinski definition) is 0. The maximum Gasteiger partial charge on any atom is 0.0188 e. The summed E-state index contributed by atoms with van der Waals surface area (Å²) in [5, 5.41) is 0. The third-order valence-corrected chi connectivity index (χ3v) is 5.49. The Morgan fingerprint density at radius 2 is 1.52 bits per heavy atom. The van der Waals surface area contributed by atoms with Crippen molar-refractivity contribution in [3.63, 3.8) is 0 Å². The monoisotopic (exact) mass is 278 g/mol. The molecule has 21 heavy (non-hydrogen) atoms. The van der Waals surface area contributed by atoms with Crippen molar-refractivity contribution in [2.75, 3.05) is 0 Å². The molecule has 0 saturated carbocycles. The molecule has 0 fully saturated rings. The summed E-state index contributed by atoms with van der Waals surface area (Å²) in [4.78, 5) is 0. The maximum atomic E-state index is 2.43. The summed E-state index contributed by atoms with van der Waals surface area (Å²) < 4.78 is 0. The van der Waals surface area contributed by atoms with Crippen molar-refractivity contribution in [2.24, 2.45) is 0 Å². The summed E-state index contributed by atoms with van der Waals surface area (Å²) in [5.74, 6) is 0. The first-order chi connectivity index (χ1) is 9.75. The van der Waals surface area contributed by atoms with E-state index in [1.807, 2.05) is 0 Å². The average molecular weight is 278 g/mol. The second-order valence-corrected chi connectivity index (χ2v) is 7.69. The van der Waals surface area contributed by atoms with Gasteiger partial charge in [-0.3, -0.25) is 0 Å². The lowest BCUT2D eigenvalue weighted by Gasteiger charge is -2.30. The van der Waals surface area contributed by atoms with Gasteiger partial charge in [0.1, 0.15) is 0 Å². The van der Waals surface area contributed by atoms with E-state index in [2.05, 4.69) is 77.9 Å². The molecule has 2 aromatic carbocycles. The molecule has 3 rings (SSSR count). The van der Waals surface area contributed by atoms with Crippen LogP contribution in [0.2, 0.25) is 0 Å². The zero-order valence-corrected chi connectivity index (χ0v) is 14.2. The molecule has 1 atom stereocenters. The molecule has 0 bridgehead atoms. The van der Waals surface area contributed by atoms with Crippen LogP contribution in [0.5, 0.6) is 0 Å². The van der Waals surface area contributed by atoms with Gasteiger partial charge in [-0.05, 0) is 60.4 Å². The largest absolute Gasteiger partial charge is 0.0617 e. The average Bonchev–Trinajstić information content (AvgIpc) is 2.60. The lowest BCUT2D eigenvalue weighted by Crippen LogP contribution is -2.24. The second-order valence-electron chi connectivity index (χ2n) is 7.69. The lowest BCUT2D eigenvalue weighted by molar-refractivity contribution is 0.423. The number of rotatable bonds is 1. The van der Waals surface area contributed by atoms with Gasteiger partial charge >= 0.3 is 0 Å². The zero-order chi connectivity index (χ0) is 15.4. The normalized spacial score (nSPS) is 23.1. The summed E-state index contributed by atoms with van der Waals surface area (Å²) >= 11 is 0. The molecule has 0 saturated heterocycles. The van der Waals surface area contributed by atoms with Crippen molar-refractivity contribution in [2.45, 2.75) is 58.8 Å². The highest BCUT2D eigenvalue weighted by Gasteiger charge is 2.46. The quantitative estimate of drug-likeness (QED) is 0.637. The predicted molar refractivity (Wildman–Crippen MR) is 91.2 cm³/mol. The van der Waals surface area contributed by atoms with Crippen molar-refractivity contribution < 1.29 is 0 Å². The molecule has 0 heterocycles. The van der Waals surface area contributed by atoms with Gasteiger partial charge in [-0.2, -0.15) is 0 Å². The van der Waals surface area contributed by atoms with Gasteiger partial charge < -0.3 is 0 Å². The zero-order valence-electron chi connectivity index (χ0n) is 14.2. The first-order valence-corrected chi connectivity index (χ1v) is 7.94.